The Morgan fingerprint density at radius 1 is 1.22 bits per heavy atom. The quantitative estimate of drug-likeness (QED) is 0.921. The van der Waals surface area contributed by atoms with Crippen LogP contribution < -0.4 is 5.32 Å². The molecule has 1 fully saturated rings. The van der Waals surface area contributed by atoms with E-state index >= 15 is 0 Å². The third kappa shape index (κ3) is 3.62. The normalized spacial score (nSPS) is 15.5. The first-order valence-electron chi connectivity index (χ1n) is 7.62. The molecule has 2 aromatic heterocycles. The van der Waals surface area contributed by atoms with Gasteiger partial charge >= 0.3 is 0 Å². The van der Waals surface area contributed by atoms with Crippen molar-refractivity contribution in [1.29, 1.82) is 0 Å². The van der Waals surface area contributed by atoms with Gasteiger partial charge in [-0.05, 0) is 25.6 Å². The minimum atomic E-state index is -0.0769. The highest BCUT2D eigenvalue weighted by Crippen LogP contribution is 2.15. The van der Waals surface area contributed by atoms with Gasteiger partial charge in [0.15, 0.2) is 5.82 Å². The van der Waals surface area contributed by atoms with E-state index in [4.69, 9.17) is 0 Å². The molecule has 0 atom stereocenters. The Balaban J connectivity index is 1.75. The maximum absolute atomic E-state index is 12.5. The van der Waals surface area contributed by atoms with Gasteiger partial charge < -0.3 is 15.1 Å². The van der Waals surface area contributed by atoms with Crippen molar-refractivity contribution in [2.75, 3.05) is 38.5 Å². The van der Waals surface area contributed by atoms with Gasteiger partial charge in [-0.25, -0.2) is 9.97 Å². The second-order valence-corrected chi connectivity index (χ2v) is 5.68. The van der Waals surface area contributed by atoms with Crippen LogP contribution in [0.3, 0.4) is 0 Å². The van der Waals surface area contributed by atoms with E-state index in [-0.39, 0.29) is 5.91 Å². The van der Waals surface area contributed by atoms with Crippen LogP contribution in [0.15, 0.2) is 30.7 Å². The molecule has 7 heteroatoms. The summed E-state index contributed by atoms with van der Waals surface area (Å²) in [6, 6.07) is 3.83. The van der Waals surface area contributed by atoms with Gasteiger partial charge in [-0.1, -0.05) is 6.07 Å². The Hall–Kier alpha value is -2.54. The molecule has 1 N–H and O–H groups in total. The molecule has 2 aromatic rings. The number of nitrogens with one attached hydrogen (secondary N) is 1. The number of hydrogen-bond donors (Lipinski definition) is 1. The van der Waals surface area contributed by atoms with Gasteiger partial charge in [-0.2, -0.15) is 0 Å². The van der Waals surface area contributed by atoms with Crippen molar-refractivity contribution in [3.63, 3.8) is 0 Å². The smallest absolute Gasteiger partial charge is 0.274 e. The van der Waals surface area contributed by atoms with Crippen molar-refractivity contribution in [2.24, 2.45) is 0 Å². The van der Waals surface area contributed by atoms with Crippen LogP contribution in [0.2, 0.25) is 0 Å². The lowest BCUT2D eigenvalue weighted by Gasteiger charge is -2.32. The van der Waals surface area contributed by atoms with Crippen LogP contribution in [0.25, 0.3) is 0 Å². The van der Waals surface area contributed by atoms with Crippen molar-refractivity contribution in [2.45, 2.75) is 6.92 Å². The number of carbonyl (C=O) groups is 1. The SMILES string of the molecule is Cc1cccnc1Nc1cncc(C(=O)N2CCN(C)CC2)n1. The number of amides is 1. The lowest BCUT2D eigenvalue weighted by atomic mass is 10.3. The molecular formula is C16H20N6O. The fourth-order valence-corrected chi connectivity index (χ4v) is 2.44. The molecule has 120 valence electrons. The molecule has 1 aliphatic rings. The highest BCUT2D eigenvalue weighted by Gasteiger charge is 2.21. The van der Waals surface area contributed by atoms with E-state index in [1.807, 2.05) is 24.0 Å². The summed E-state index contributed by atoms with van der Waals surface area (Å²) in [5.74, 6) is 1.16. The van der Waals surface area contributed by atoms with Crippen LogP contribution >= 0.6 is 0 Å². The van der Waals surface area contributed by atoms with E-state index in [0.29, 0.717) is 30.4 Å². The van der Waals surface area contributed by atoms with E-state index in [9.17, 15) is 4.79 Å². The number of pyridine rings is 1. The Labute approximate surface area is 135 Å². The third-order valence-electron chi connectivity index (χ3n) is 3.90. The average Bonchev–Trinajstić information content (AvgIpc) is 2.57. The number of nitrogens with zero attached hydrogens (tertiary/aromatic N) is 5. The van der Waals surface area contributed by atoms with Gasteiger partial charge in [0.05, 0.1) is 12.4 Å². The summed E-state index contributed by atoms with van der Waals surface area (Å²) >= 11 is 0. The van der Waals surface area contributed by atoms with Crippen LogP contribution in [0.1, 0.15) is 16.1 Å². The van der Waals surface area contributed by atoms with Crippen molar-refractivity contribution < 1.29 is 4.79 Å². The number of anilines is 2. The molecule has 0 spiro atoms. The predicted molar refractivity (Wildman–Crippen MR) is 87.7 cm³/mol. The summed E-state index contributed by atoms with van der Waals surface area (Å²) in [4.78, 5) is 29.3. The molecule has 1 aliphatic heterocycles. The summed E-state index contributed by atoms with van der Waals surface area (Å²) in [7, 11) is 2.06. The molecule has 0 bridgehead atoms. The van der Waals surface area contributed by atoms with E-state index in [0.717, 1.165) is 18.7 Å². The van der Waals surface area contributed by atoms with E-state index in [1.54, 1.807) is 12.4 Å². The average molecular weight is 312 g/mol. The standard InChI is InChI=1S/C16H20N6O/c1-12-4-3-5-18-15(12)20-14-11-17-10-13(19-14)16(23)22-8-6-21(2)7-9-22/h3-5,10-11H,6-9H2,1-2H3,(H,18,19,20). The van der Waals surface area contributed by atoms with Crippen LogP contribution in [-0.2, 0) is 0 Å². The van der Waals surface area contributed by atoms with Crippen molar-refractivity contribution in [3.8, 4) is 0 Å². The first kappa shape index (κ1) is 15.4. The number of aromatic nitrogens is 3. The molecule has 0 aliphatic carbocycles. The van der Waals surface area contributed by atoms with Gasteiger partial charge in [0, 0.05) is 32.4 Å². The van der Waals surface area contributed by atoms with Crippen molar-refractivity contribution in [1.82, 2.24) is 24.8 Å². The molecular weight excluding hydrogens is 292 g/mol. The monoisotopic (exact) mass is 312 g/mol. The molecule has 0 aromatic carbocycles. The molecule has 0 saturated carbocycles. The molecule has 0 unspecified atom stereocenters. The fourth-order valence-electron chi connectivity index (χ4n) is 2.44. The number of rotatable bonds is 3. The lowest BCUT2D eigenvalue weighted by Crippen LogP contribution is -2.47. The zero-order valence-electron chi connectivity index (χ0n) is 13.4. The summed E-state index contributed by atoms with van der Waals surface area (Å²) in [5.41, 5.74) is 1.36. The molecule has 7 nitrogen and oxygen atoms in total. The number of hydrogen-bond acceptors (Lipinski definition) is 6. The van der Waals surface area contributed by atoms with Gasteiger partial charge in [0.1, 0.15) is 11.5 Å². The number of likely N-dealkylation sites (N-methyl/N-ethyl adjacent to an activating group) is 1. The van der Waals surface area contributed by atoms with Crippen molar-refractivity contribution in [3.05, 3.63) is 42.0 Å². The first-order valence-corrected chi connectivity index (χ1v) is 7.62. The topological polar surface area (TPSA) is 74.2 Å². The summed E-state index contributed by atoms with van der Waals surface area (Å²) in [6.45, 7) is 5.15. The van der Waals surface area contributed by atoms with Crippen molar-refractivity contribution >= 4 is 17.5 Å². The molecule has 1 amide bonds. The number of aryl methyl sites for hydroxylation is 1. The minimum absolute atomic E-state index is 0.0769. The molecule has 23 heavy (non-hydrogen) atoms. The Morgan fingerprint density at radius 2 is 2.00 bits per heavy atom. The molecule has 3 rings (SSSR count). The number of carbonyl (C=O) groups excluding carboxylic acids is 1. The highest BCUT2D eigenvalue weighted by molar-refractivity contribution is 5.92. The second-order valence-electron chi connectivity index (χ2n) is 5.68. The minimum Gasteiger partial charge on any atom is -0.335 e. The Morgan fingerprint density at radius 3 is 2.74 bits per heavy atom. The molecule has 1 saturated heterocycles. The Kier molecular flexibility index (Phi) is 4.47. The number of piperazine rings is 1. The summed E-state index contributed by atoms with van der Waals surface area (Å²) < 4.78 is 0. The van der Waals surface area contributed by atoms with E-state index < -0.39 is 0 Å². The van der Waals surface area contributed by atoms with Gasteiger partial charge in [-0.15, -0.1) is 0 Å². The first-order chi connectivity index (χ1) is 11.1. The van der Waals surface area contributed by atoms with Crippen LogP contribution in [0.4, 0.5) is 11.6 Å². The second kappa shape index (κ2) is 6.70. The fraction of sp³-hybridized carbons (Fsp3) is 0.375. The lowest BCUT2D eigenvalue weighted by molar-refractivity contribution is 0.0658. The maximum atomic E-state index is 12.5. The van der Waals surface area contributed by atoms with E-state index in [2.05, 4.69) is 32.2 Å². The largest absolute Gasteiger partial charge is 0.335 e. The maximum Gasteiger partial charge on any atom is 0.274 e. The van der Waals surface area contributed by atoms with E-state index in [1.165, 1.54) is 6.20 Å². The van der Waals surface area contributed by atoms with Crippen LogP contribution in [0.5, 0.6) is 0 Å². The van der Waals surface area contributed by atoms with Crippen LogP contribution in [-0.4, -0.2) is 63.9 Å². The molecule has 0 radical (unpaired) electrons. The van der Waals surface area contributed by atoms with Crippen LogP contribution in [0, 0.1) is 6.92 Å². The predicted octanol–water partition coefficient (Wildman–Crippen LogP) is 1.31. The zero-order chi connectivity index (χ0) is 16.2. The van der Waals surface area contributed by atoms with Gasteiger partial charge in [-0.3, -0.25) is 9.78 Å². The zero-order valence-corrected chi connectivity index (χ0v) is 13.4. The summed E-state index contributed by atoms with van der Waals surface area (Å²) in [6.07, 6.45) is 4.81. The highest BCUT2D eigenvalue weighted by atomic mass is 16.2. The van der Waals surface area contributed by atoms with Gasteiger partial charge in [0.2, 0.25) is 0 Å². The molecule has 3 heterocycles. The van der Waals surface area contributed by atoms with Gasteiger partial charge in [0.25, 0.3) is 5.91 Å². The third-order valence-corrected chi connectivity index (χ3v) is 3.90. The summed E-state index contributed by atoms with van der Waals surface area (Å²) in [5, 5.41) is 3.11. The Bertz CT molecular complexity index is 696.